The molecule has 0 bridgehead atoms. The maximum atomic E-state index is 12.2. The molecule has 0 aliphatic carbocycles. The predicted molar refractivity (Wildman–Crippen MR) is 94.8 cm³/mol. The number of rotatable bonds is 7. The Morgan fingerprint density at radius 2 is 1.96 bits per heavy atom. The number of nitrogens with zero attached hydrogens (tertiary/aromatic N) is 1. The van der Waals surface area contributed by atoms with Gasteiger partial charge in [0, 0.05) is 17.1 Å². The van der Waals surface area contributed by atoms with Crippen LogP contribution in [0.4, 0.5) is 19.3 Å². The average Bonchev–Trinajstić information content (AvgIpc) is 2.55. The summed E-state index contributed by atoms with van der Waals surface area (Å²) in [4.78, 5) is 14.7. The molecule has 1 heterocycles. The minimum Gasteiger partial charge on any atom is -0.338 e. The summed E-state index contributed by atoms with van der Waals surface area (Å²) in [6, 6.07) is 6.13. The number of hydrogen-bond donors (Lipinski definition) is 2. The average molecular weight is 357 g/mol. The number of halogens is 2. The van der Waals surface area contributed by atoms with Gasteiger partial charge in [0.1, 0.15) is 0 Å². The third kappa shape index (κ3) is 7.05. The predicted octanol–water partition coefficient (Wildman–Crippen LogP) is 4.24. The summed E-state index contributed by atoms with van der Waals surface area (Å²) in [5.74, 6) is -1.61. The molecule has 2 rings (SSSR count). The molecule has 0 unspecified atom stereocenters. The van der Waals surface area contributed by atoms with Crippen molar-refractivity contribution < 1.29 is 13.6 Å². The quantitative estimate of drug-likeness (QED) is 0.566. The van der Waals surface area contributed by atoms with Gasteiger partial charge in [0.15, 0.2) is 0 Å². The van der Waals surface area contributed by atoms with E-state index in [1.807, 2.05) is 0 Å². The Bertz CT molecular complexity index is 505. The number of benzene rings is 1. The van der Waals surface area contributed by atoms with Gasteiger partial charge in [0.25, 0.3) is 5.76 Å². The van der Waals surface area contributed by atoms with Crippen LogP contribution in [0.5, 0.6) is 0 Å². The first kappa shape index (κ1) is 19.0. The Hall–Kier alpha value is -1.34. The Balaban J connectivity index is 1.61. The van der Waals surface area contributed by atoms with Crippen LogP contribution in [0.15, 0.2) is 29.2 Å². The number of carbonyl (C=O) groups is 1. The van der Waals surface area contributed by atoms with Crippen molar-refractivity contribution in [2.24, 2.45) is 5.92 Å². The number of likely N-dealkylation sites (tertiary alicyclic amines) is 1. The van der Waals surface area contributed by atoms with E-state index in [-0.39, 0.29) is 6.03 Å². The van der Waals surface area contributed by atoms with Gasteiger partial charge >= 0.3 is 6.03 Å². The fourth-order valence-corrected chi connectivity index (χ4v) is 3.18. The van der Waals surface area contributed by atoms with E-state index in [0.29, 0.717) is 28.9 Å². The summed E-state index contributed by atoms with van der Waals surface area (Å²) in [5, 5.41) is 5.53. The number of anilines is 1. The van der Waals surface area contributed by atoms with Gasteiger partial charge in [0.2, 0.25) is 0 Å². The lowest BCUT2D eigenvalue weighted by molar-refractivity contribution is 0.190. The smallest absolute Gasteiger partial charge is 0.319 e. The van der Waals surface area contributed by atoms with Crippen LogP contribution >= 0.6 is 11.8 Å². The molecule has 0 spiro atoms. The number of piperidine rings is 1. The molecule has 134 valence electrons. The molecule has 1 aliphatic rings. The van der Waals surface area contributed by atoms with Crippen molar-refractivity contribution in [1.82, 2.24) is 10.2 Å². The van der Waals surface area contributed by atoms with Gasteiger partial charge in [-0.2, -0.15) is 8.78 Å². The van der Waals surface area contributed by atoms with Crippen molar-refractivity contribution in [2.75, 3.05) is 31.5 Å². The standard InChI is InChI=1S/C17H25F2N3OS/c1-13-7-11-22(12-8-13)10-2-9-20-17(23)21-14-3-5-15(6-4-14)24-16(18)19/h3-6,13,16H,2,7-12H2,1H3,(H2,20,21,23). The largest absolute Gasteiger partial charge is 0.338 e. The second-order valence-electron chi connectivity index (χ2n) is 6.16. The van der Waals surface area contributed by atoms with Crippen LogP contribution in [0.1, 0.15) is 26.2 Å². The molecule has 0 saturated carbocycles. The third-order valence-corrected chi connectivity index (χ3v) is 4.87. The fourth-order valence-electron chi connectivity index (χ4n) is 2.69. The molecule has 0 atom stereocenters. The first-order valence-electron chi connectivity index (χ1n) is 8.35. The van der Waals surface area contributed by atoms with Crippen LogP contribution in [-0.2, 0) is 0 Å². The van der Waals surface area contributed by atoms with Crippen molar-refractivity contribution in [1.29, 1.82) is 0 Å². The SMILES string of the molecule is CC1CCN(CCCNC(=O)Nc2ccc(SC(F)F)cc2)CC1. The number of nitrogens with one attached hydrogen (secondary N) is 2. The van der Waals surface area contributed by atoms with Gasteiger partial charge in [-0.25, -0.2) is 4.79 Å². The molecule has 1 saturated heterocycles. The number of alkyl halides is 2. The first-order valence-corrected chi connectivity index (χ1v) is 9.23. The summed E-state index contributed by atoms with van der Waals surface area (Å²) in [7, 11) is 0. The van der Waals surface area contributed by atoms with Gasteiger partial charge in [-0.15, -0.1) is 0 Å². The van der Waals surface area contributed by atoms with Gasteiger partial charge in [-0.1, -0.05) is 18.7 Å². The highest BCUT2D eigenvalue weighted by Crippen LogP contribution is 2.26. The summed E-state index contributed by atoms with van der Waals surface area (Å²) in [5.41, 5.74) is 0.594. The second-order valence-corrected chi connectivity index (χ2v) is 7.22. The van der Waals surface area contributed by atoms with E-state index in [1.165, 1.54) is 12.8 Å². The molecule has 1 aliphatic heterocycles. The van der Waals surface area contributed by atoms with E-state index in [0.717, 1.165) is 32.0 Å². The molecule has 1 aromatic carbocycles. The molecule has 24 heavy (non-hydrogen) atoms. The van der Waals surface area contributed by atoms with Crippen molar-refractivity contribution in [3.8, 4) is 0 Å². The molecular weight excluding hydrogens is 332 g/mol. The maximum Gasteiger partial charge on any atom is 0.319 e. The fraction of sp³-hybridized carbons (Fsp3) is 0.588. The van der Waals surface area contributed by atoms with Crippen molar-refractivity contribution >= 4 is 23.5 Å². The highest BCUT2D eigenvalue weighted by atomic mass is 32.2. The topological polar surface area (TPSA) is 44.4 Å². The molecule has 0 aromatic heterocycles. The summed E-state index contributed by atoms with van der Waals surface area (Å²) in [6.45, 7) is 6.22. The lowest BCUT2D eigenvalue weighted by atomic mass is 9.99. The van der Waals surface area contributed by atoms with Crippen LogP contribution in [0.25, 0.3) is 0 Å². The van der Waals surface area contributed by atoms with Crippen LogP contribution < -0.4 is 10.6 Å². The maximum absolute atomic E-state index is 12.2. The van der Waals surface area contributed by atoms with Crippen LogP contribution in [0.3, 0.4) is 0 Å². The highest BCUT2D eigenvalue weighted by Gasteiger charge is 2.14. The second kappa shape index (κ2) is 9.84. The van der Waals surface area contributed by atoms with Crippen molar-refractivity contribution in [2.45, 2.75) is 36.8 Å². The van der Waals surface area contributed by atoms with Crippen LogP contribution in [0.2, 0.25) is 0 Å². The third-order valence-electron chi connectivity index (χ3n) is 4.15. The van der Waals surface area contributed by atoms with Gasteiger partial charge in [-0.05, 0) is 69.1 Å². The Kier molecular flexibility index (Phi) is 7.78. The Labute approximate surface area is 146 Å². The normalized spacial score (nSPS) is 16.3. The summed E-state index contributed by atoms with van der Waals surface area (Å²) >= 11 is 0.490. The first-order chi connectivity index (χ1) is 11.5. The minimum atomic E-state index is -2.43. The van der Waals surface area contributed by atoms with Gasteiger partial charge < -0.3 is 15.5 Å². The minimum absolute atomic E-state index is 0.267. The molecule has 1 fully saturated rings. The summed E-state index contributed by atoms with van der Waals surface area (Å²) < 4.78 is 24.5. The number of amides is 2. The van der Waals surface area contributed by atoms with Gasteiger partial charge in [-0.3, -0.25) is 0 Å². The lowest BCUT2D eigenvalue weighted by Crippen LogP contribution is -2.36. The van der Waals surface area contributed by atoms with Crippen molar-refractivity contribution in [3.63, 3.8) is 0 Å². The van der Waals surface area contributed by atoms with E-state index in [2.05, 4.69) is 22.5 Å². The van der Waals surface area contributed by atoms with Crippen LogP contribution in [-0.4, -0.2) is 42.9 Å². The number of hydrogen-bond acceptors (Lipinski definition) is 3. The monoisotopic (exact) mass is 357 g/mol. The van der Waals surface area contributed by atoms with Crippen LogP contribution in [0, 0.1) is 5.92 Å². The molecule has 4 nitrogen and oxygen atoms in total. The molecular formula is C17H25F2N3OS. The number of urea groups is 1. The number of thioether (sulfide) groups is 1. The zero-order chi connectivity index (χ0) is 17.4. The van der Waals surface area contributed by atoms with Crippen molar-refractivity contribution in [3.05, 3.63) is 24.3 Å². The molecule has 2 N–H and O–H groups in total. The van der Waals surface area contributed by atoms with E-state index < -0.39 is 5.76 Å². The summed E-state index contributed by atoms with van der Waals surface area (Å²) in [6.07, 6.45) is 3.44. The molecule has 2 amide bonds. The zero-order valence-corrected chi connectivity index (χ0v) is 14.7. The Morgan fingerprint density at radius 3 is 2.58 bits per heavy atom. The van der Waals surface area contributed by atoms with Gasteiger partial charge in [0.05, 0.1) is 0 Å². The molecule has 7 heteroatoms. The van der Waals surface area contributed by atoms with E-state index in [4.69, 9.17) is 0 Å². The van der Waals surface area contributed by atoms with E-state index in [1.54, 1.807) is 24.3 Å². The zero-order valence-electron chi connectivity index (χ0n) is 13.9. The van der Waals surface area contributed by atoms with E-state index in [9.17, 15) is 13.6 Å². The Morgan fingerprint density at radius 1 is 1.29 bits per heavy atom. The lowest BCUT2D eigenvalue weighted by Gasteiger charge is -2.30. The van der Waals surface area contributed by atoms with E-state index >= 15 is 0 Å². The highest BCUT2D eigenvalue weighted by molar-refractivity contribution is 7.99. The number of carbonyl (C=O) groups excluding carboxylic acids is 1. The molecule has 0 radical (unpaired) electrons. The molecule has 1 aromatic rings.